The van der Waals surface area contributed by atoms with Crippen LogP contribution in [0.1, 0.15) is 26.0 Å². The van der Waals surface area contributed by atoms with Gasteiger partial charge in [0.15, 0.2) is 0 Å². The predicted octanol–water partition coefficient (Wildman–Crippen LogP) is 1.95. The molecule has 0 aliphatic heterocycles. The molecule has 0 radical (unpaired) electrons. The van der Waals surface area contributed by atoms with Crippen LogP contribution in [0.15, 0.2) is 17.2 Å². The first-order valence-electron chi connectivity index (χ1n) is 6.22. The Morgan fingerprint density at radius 3 is 2.74 bits per heavy atom. The van der Waals surface area contributed by atoms with Crippen molar-refractivity contribution >= 4 is 21.6 Å². The molecule has 0 aliphatic rings. The zero-order valence-corrected chi connectivity index (χ0v) is 13.1. The van der Waals surface area contributed by atoms with Crippen LogP contribution in [-0.2, 0) is 27.2 Å². The molecule has 0 fully saturated rings. The van der Waals surface area contributed by atoms with Gasteiger partial charge in [0.2, 0.25) is 10.0 Å². The summed E-state index contributed by atoms with van der Waals surface area (Å²) in [5.74, 6) is 0.296. The Morgan fingerprint density at radius 2 is 2.21 bits per heavy atom. The number of alkyl halides is 1. The van der Waals surface area contributed by atoms with E-state index in [9.17, 15) is 8.42 Å². The third-order valence-corrected chi connectivity index (χ3v) is 4.50. The van der Waals surface area contributed by atoms with E-state index in [2.05, 4.69) is 4.72 Å². The van der Waals surface area contributed by atoms with E-state index in [1.807, 2.05) is 11.5 Å². The first kappa shape index (κ1) is 16.5. The van der Waals surface area contributed by atoms with Crippen LogP contribution in [0, 0.1) is 0 Å². The first-order valence-corrected chi connectivity index (χ1v) is 8.23. The van der Waals surface area contributed by atoms with Gasteiger partial charge in [0.25, 0.3) is 0 Å². The van der Waals surface area contributed by atoms with E-state index in [0.717, 1.165) is 18.7 Å². The molecule has 1 rings (SSSR count). The molecule has 1 aromatic heterocycles. The number of sulfonamides is 1. The molecule has 0 aliphatic carbocycles. The number of nitrogens with zero attached hydrogens (tertiary/aromatic N) is 1. The monoisotopic (exact) mass is 308 g/mol. The second kappa shape index (κ2) is 7.28. The van der Waals surface area contributed by atoms with Crippen molar-refractivity contribution in [3.8, 4) is 0 Å². The van der Waals surface area contributed by atoms with Gasteiger partial charge in [-0.05, 0) is 19.4 Å². The maximum atomic E-state index is 12.1. The Balaban J connectivity index is 2.89. The van der Waals surface area contributed by atoms with Crippen molar-refractivity contribution < 1.29 is 13.2 Å². The molecule has 0 aromatic carbocycles. The van der Waals surface area contributed by atoms with Crippen LogP contribution in [0.25, 0.3) is 0 Å². The van der Waals surface area contributed by atoms with Crippen LogP contribution in [0.5, 0.6) is 0 Å². The van der Waals surface area contributed by atoms with E-state index in [0.29, 0.717) is 5.88 Å². The van der Waals surface area contributed by atoms with Crippen LogP contribution in [-0.4, -0.2) is 32.7 Å². The van der Waals surface area contributed by atoms with Gasteiger partial charge in [-0.3, -0.25) is 0 Å². The van der Waals surface area contributed by atoms with Crippen molar-refractivity contribution in [3.63, 3.8) is 0 Å². The number of rotatable bonds is 8. The number of ether oxygens (including phenoxy) is 1. The molecule has 0 bridgehead atoms. The second-order valence-corrected chi connectivity index (χ2v) is 6.43. The highest BCUT2D eigenvalue weighted by Crippen LogP contribution is 2.16. The quantitative estimate of drug-likeness (QED) is 0.747. The van der Waals surface area contributed by atoms with Gasteiger partial charge in [-0.25, -0.2) is 13.1 Å². The van der Waals surface area contributed by atoms with Crippen molar-refractivity contribution in [2.24, 2.45) is 0 Å². The van der Waals surface area contributed by atoms with Crippen molar-refractivity contribution in [2.75, 3.05) is 13.7 Å². The lowest BCUT2D eigenvalue weighted by Crippen LogP contribution is -2.31. The summed E-state index contributed by atoms with van der Waals surface area (Å²) in [4.78, 5) is 0.250. The van der Waals surface area contributed by atoms with Gasteiger partial charge in [-0.2, -0.15) is 0 Å². The molecule has 0 spiro atoms. The number of hydrogen-bond donors (Lipinski definition) is 1. The molecule has 110 valence electrons. The number of methoxy groups -OCH3 is 1. The zero-order chi connectivity index (χ0) is 14.5. The molecule has 5 nitrogen and oxygen atoms in total. The van der Waals surface area contributed by atoms with Gasteiger partial charge < -0.3 is 9.30 Å². The molecule has 0 saturated heterocycles. The highest BCUT2D eigenvalue weighted by molar-refractivity contribution is 7.89. The molecule has 19 heavy (non-hydrogen) atoms. The summed E-state index contributed by atoms with van der Waals surface area (Å²) >= 11 is 5.83. The van der Waals surface area contributed by atoms with Crippen molar-refractivity contribution in [3.05, 3.63) is 18.0 Å². The number of aryl methyl sites for hydroxylation is 1. The first-order chi connectivity index (χ1) is 8.94. The minimum absolute atomic E-state index is 0.167. The molecule has 0 saturated carbocycles. The fraction of sp³-hybridized carbons (Fsp3) is 0.667. The lowest BCUT2D eigenvalue weighted by Gasteiger charge is -2.10. The molecular formula is C12H21ClN2O3S. The summed E-state index contributed by atoms with van der Waals surface area (Å²) in [7, 11) is -1.96. The number of nitrogens with one attached hydrogen (secondary N) is 1. The molecule has 1 N–H and O–H groups in total. The zero-order valence-electron chi connectivity index (χ0n) is 11.5. The van der Waals surface area contributed by atoms with Crippen LogP contribution in [0.3, 0.4) is 0 Å². The topological polar surface area (TPSA) is 60.3 Å². The van der Waals surface area contributed by atoms with Gasteiger partial charge >= 0.3 is 0 Å². The van der Waals surface area contributed by atoms with Crippen molar-refractivity contribution in [1.82, 2.24) is 9.29 Å². The molecule has 1 aromatic rings. The Bertz CT molecular complexity index is 499. The number of hydrogen-bond acceptors (Lipinski definition) is 3. The van der Waals surface area contributed by atoms with Gasteiger partial charge in [-0.15, -0.1) is 11.6 Å². The standard InChI is InChI=1S/C12H21ClN2O3S/c1-4-5-15-9-12(6-11(15)7-13)19(16,17)14-8-10(2)18-3/h6,9-10,14H,4-5,7-8H2,1-3H3. The average molecular weight is 309 g/mol. The summed E-state index contributed by atoms with van der Waals surface area (Å²) < 4.78 is 33.6. The molecule has 1 heterocycles. The maximum absolute atomic E-state index is 12.1. The van der Waals surface area contributed by atoms with Gasteiger partial charge in [0, 0.05) is 32.1 Å². The van der Waals surface area contributed by atoms with Gasteiger partial charge in [0.1, 0.15) is 0 Å². The molecular weight excluding hydrogens is 288 g/mol. The Morgan fingerprint density at radius 1 is 1.53 bits per heavy atom. The van der Waals surface area contributed by atoms with Crippen LogP contribution >= 0.6 is 11.6 Å². The van der Waals surface area contributed by atoms with Gasteiger partial charge in [0.05, 0.1) is 16.9 Å². The third kappa shape index (κ3) is 4.49. The van der Waals surface area contributed by atoms with Crippen LogP contribution < -0.4 is 4.72 Å². The van der Waals surface area contributed by atoms with E-state index in [-0.39, 0.29) is 17.5 Å². The SMILES string of the molecule is CCCn1cc(S(=O)(=O)NCC(C)OC)cc1CCl. The van der Waals surface area contributed by atoms with Crippen LogP contribution in [0.4, 0.5) is 0 Å². The molecule has 1 unspecified atom stereocenters. The maximum Gasteiger partial charge on any atom is 0.242 e. The Labute approximate surface area is 119 Å². The summed E-state index contributed by atoms with van der Waals surface area (Å²) in [5.41, 5.74) is 0.809. The molecule has 1 atom stereocenters. The smallest absolute Gasteiger partial charge is 0.242 e. The predicted molar refractivity (Wildman–Crippen MR) is 75.9 cm³/mol. The summed E-state index contributed by atoms with van der Waals surface area (Å²) in [6, 6.07) is 1.61. The van der Waals surface area contributed by atoms with E-state index >= 15 is 0 Å². The highest BCUT2D eigenvalue weighted by Gasteiger charge is 2.18. The lowest BCUT2D eigenvalue weighted by molar-refractivity contribution is 0.122. The lowest BCUT2D eigenvalue weighted by atomic mass is 10.4. The van der Waals surface area contributed by atoms with Crippen LogP contribution in [0.2, 0.25) is 0 Å². The molecule has 7 heteroatoms. The van der Waals surface area contributed by atoms with E-state index in [1.165, 1.54) is 0 Å². The summed E-state index contributed by atoms with van der Waals surface area (Å²) in [5, 5.41) is 0. The van der Waals surface area contributed by atoms with E-state index < -0.39 is 10.0 Å². The second-order valence-electron chi connectivity index (χ2n) is 4.39. The largest absolute Gasteiger partial charge is 0.380 e. The summed E-state index contributed by atoms with van der Waals surface area (Å²) in [6.07, 6.45) is 2.38. The Kier molecular flexibility index (Phi) is 6.32. The van der Waals surface area contributed by atoms with E-state index in [1.54, 1.807) is 26.3 Å². The highest BCUT2D eigenvalue weighted by atomic mass is 35.5. The third-order valence-electron chi connectivity index (χ3n) is 2.84. The number of halogens is 1. The number of aromatic nitrogens is 1. The summed E-state index contributed by atoms with van der Waals surface area (Å²) in [6.45, 7) is 4.83. The Hall–Kier alpha value is -0.560. The minimum atomic E-state index is -3.50. The van der Waals surface area contributed by atoms with E-state index in [4.69, 9.17) is 16.3 Å². The normalized spacial score (nSPS) is 13.7. The average Bonchev–Trinajstić information content (AvgIpc) is 2.80. The minimum Gasteiger partial charge on any atom is -0.380 e. The van der Waals surface area contributed by atoms with Gasteiger partial charge in [-0.1, -0.05) is 6.92 Å². The fourth-order valence-electron chi connectivity index (χ4n) is 1.63. The van der Waals surface area contributed by atoms with Crippen molar-refractivity contribution in [2.45, 2.75) is 43.7 Å². The molecule has 0 amide bonds. The fourth-order valence-corrected chi connectivity index (χ4v) is 3.03. The van der Waals surface area contributed by atoms with Crippen molar-refractivity contribution in [1.29, 1.82) is 0 Å².